The monoisotopic (exact) mass is 313 g/mol. The average molecular weight is 314 g/mol. The van der Waals surface area contributed by atoms with Gasteiger partial charge in [-0.3, -0.25) is 9.69 Å². The molecule has 1 unspecified atom stereocenters. The van der Waals surface area contributed by atoms with Crippen LogP contribution in [0.4, 0.5) is 0 Å². The van der Waals surface area contributed by atoms with Gasteiger partial charge in [0.2, 0.25) is 0 Å². The Bertz CT molecular complexity index is 407. The predicted octanol–water partition coefficient (Wildman–Crippen LogP) is 1.32. The molecule has 1 saturated heterocycles. The van der Waals surface area contributed by atoms with Crippen molar-refractivity contribution in [3.8, 4) is 0 Å². The molecule has 4 nitrogen and oxygen atoms in total. The van der Waals surface area contributed by atoms with E-state index in [1.54, 1.807) is 12.1 Å². The Hall–Kier alpha value is -0.750. The fraction of sp³-hybridized carbons (Fsp3) is 0.462. The van der Waals surface area contributed by atoms with Gasteiger partial charge in [-0.2, -0.15) is 0 Å². The number of hydrogen-bond donors (Lipinski definition) is 1. The summed E-state index contributed by atoms with van der Waals surface area (Å²) < 4.78 is 6.24. The predicted molar refractivity (Wildman–Crippen MR) is 71.7 cm³/mol. The molecule has 5 heteroatoms. The minimum Gasteiger partial charge on any atom is -0.395 e. The van der Waals surface area contributed by atoms with Gasteiger partial charge in [0.25, 0.3) is 0 Å². The van der Waals surface area contributed by atoms with E-state index in [0.29, 0.717) is 31.9 Å². The third-order valence-electron chi connectivity index (χ3n) is 3.07. The number of rotatable bonds is 4. The second kappa shape index (κ2) is 6.43. The zero-order valence-electron chi connectivity index (χ0n) is 10.0. The molecule has 18 heavy (non-hydrogen) atoms. The number of benzene rings is 1. The van der Waals surface area contributed by atoms with Crippen LogP contribution in [0, 0.1) is 0 Å². The van der Waals surface area contributed by atoms with E-state index in [4.69, 9.17) is 4.74 Å². The number of ether oxygens (including phenoxy) is 1. The van der Waals surface area contributed by atoms with Crippen LogP contribution in [-0.4, -0.2) is 54.7 Å². The van der Waals surface area contributed by atoms with Gasteiger partial charge < -0.3 is 9.84 Å². The maximum atomic E-state index is 12.1. The highest BCUT2D eigenvalue weighted by Gasteiger charge is 2.24. The fourth-order valence-electron chi connectivity index (χ4n) is 1.98. The van der Waals surface area contributed by atoms with Crippen molar-refractivity contribution in [1.29, 1.82) is 0 Å². The minimum absolute atomic E-state index is 0.0214. The van der Waals surface area contributed by atoms with Gasteiger partial charge in [-0.05, 0) is 12.1 Å². The standard InChI is InChI=1S/C13H16BrNO3/c14-11-3-1-10(2-4-11)13(17)7-15-5-6-18-9-12(15)8-16/h1-4,12,16H,5-9H2. The molecule has 0 bridgehead atoms. The van der Waals surface area contributed by atoms with Gasteiger partial charge in [-0.15, -0.1) is 0 Å². The summed E-state index contributed by atoms with van der Waals surface area (Å²) in [4.78, 5) is 14.1. The van der Waals surface area contributed by atoms with E-state index in [9.17, 15) is 9.90 Å². The van der Waals surface area contributed by atoms with Gasteiger partial charge in [-0.1, -0.05) is 28.1 Å². The van der Waals surface area contributed by atoms with Crippen molar-refractivity contribution in [2.24, 2.45) is 0 Å². The van der Waals surface area contributed by atoms with Crippen molar-refractivity contribution in [2.45, 2.75) is 6.04 Å². The number of morpholine rings is 1. The summed E-state index contributed by atoms with van der Waals surface area (Å²) in [6, 6.07) is 7.26. The van der Waals surface area contributed by atoms with Gasteiger partial charge in [0.1, 0.15) is 0 Å². The third kappa shape index (κ3) is 3.38. The van der Waals surface area contributed by atoms with Gasteiger partial charge in [0.15, 0.2) is 5.78 Å². The molecular weight excluding hydrogens is 298 g/mol. The molecule has 0 aromatic heterocycles. The molecular formula is C13H16BrNO3. The number of halogens is 1. The molecule has 1 N–H and O–H groups in total. The van der Waals surface area contributed by atoms with Crippen molar-refractivity contribution in [2.75, 3.05) is 32.9 Å². The molecule has 0 spiro atoms. The topological polar surface area (TPSA) is 49.8 Å². The molecule has 1 aliphatic rings. The third-order valence-corrected chi connectivity index (χ3v) is 3.60. The summed E-state index contributed by atoms with van der Waals surface area (Å²) in [5, 5.41) is 9.24. The van der Waals surface area contributed by atoms with E-state index in [1.165, 1.54) is 0 Å². The van der Waals surface area contributed by atoms with E-state index >= 15 is 0 Å². The lowest BCUT2D eigenvalue weighted by atomic mass is 10.1. The van der Waals surface area contributed by atoms with Crippen LogP contribution >= 0.6 is 15.9 Å². The maximum Gasteiger partial charge on any atom is 0.176 e. The summed E-state index contributed by atoms with van der Waals surface area (Å²) in [6.07, 6.45) is 0. The van der Waals surface area contributed by atoms with Crippen LogP contribution in [0.25, 0.3) is 0 Å². The first kappa shape index (κ1) is 13.7. The summed E-state index contributed by atoms with van der Waals surface area (Å²) in [7, 11) is 0. The van der Waals surface area contributed by atoms with Crippen LogP contribution in [0.5, 0.6) is 0 Å². The van der Waals surface area contributed by atoms with Crippen molar-refractivity contribution >= 4 is 21.7 Å². The smallest absolute Gasteiger partial charge is 0.176 e. The zero-order chi connectivity index (χ0) is 13.0. The molecule has 0 radical (unpaired) electrons. The summed E-state index contributed by atoms with van der Waals surface area (Å²) in [6.45, 7) is 2.14. The van der Waals surface area contributed by atoms with Crippen LogP contribution in [0.2, 0.25) is 0 Å². The lowest BCUT2D eigenvalue weighted by molar-refractivity contribution is -0.0240. The number of carbonyl (C=O) groups excluding carboxylic acids is 1. The first-order chi connectivity index (χ1) is 8.70. The number of Topliss-reactive ketones (excluding diaryl/α,β-unsaturated/α-hetero) is 1. The van der Waals surface area contributed by atoms with E-state index < -0.39 is 0 Å². The highest BCUT2D eigenvalue weighted by atomic mass is 79.9. The summed E-state index contributed by atoms with van der Waals surface area (Å²) in [5.74, 6) is 0.0721. The quantitative estimate of drug-likeness (QED) is 0.852. The van der Waals surface area contributed by atoms with Crippen molar-refractivity contribution in [3.63, 3.8) is 0 Å². The Morgan fingerprint density at radius 2 is 2.17 bits per heavy atom. The number of nitrogens with zero attached hydrogens (tertiary/aromatic N) is 1. The lowest BCUT2D eigenvalue weighted by Gasteiger charge is -2.33. The van der Waals surface area contributed by atoms with Crippen molar-refractivity contribution in [3.05, 3.63) is 34.3 Å². The van der Waals surface area contributed by atoms with Gasteiger partial charge in [0.05, 0.1) is 32.4 Å². The molecule has 1 aromatic carbocycles. The summed E-state index contributed by atoms with van der Waals surface area (Å²) in [5.41, 5.74) is 0.696. The first-order valence-electron chi connectivity index (χ1n) is 5.92. The molecule has 1 aromatic rings. The van der Waals surface area contributed by atoms with Gasteiger partial charge >= 0.3 is 0 Å². The SMILES string of the molecule is O=C(CN1CCOCC1CO)c1ccc(Br)cc1. The molecule has 1 atom stereocenters. The van der Waals surface area contributed by atoms with Crippen molar-refractivity contribution in [1.82, 2.24) is 4.90 Å². The first-order valence-corrected chi connectivity index (χ1v) is 6.71. The fourth-order valence-corrected chi connectivity index (χ4v) is 2.24. The van der Waals surface area contributed by atoms with E-state index in [0.717, 1.165) is 4.47 Å². The van der Waals surface area contributed by atoms with Crippen LogP contribution in [0.3, 0.4) is 0 Å². The highest BCUT2D eigenvalue weighted by molar-refractivity contribution is 9.10. The average Bonchev–Trinajstić information content (AvgIpc) is 2.40. The number of aliphatic hydroxyl groups is 1. The number of ketones is 1. The normalized spacial score (nSPS) is 20.9. The molecule has 2 rings (SSSR count). The second-order valence-electron chi connectivity index (χ2n) is 4.31. The maximum absolute atomic E-state index is 12.1. The summed E-state index contributed by atoms with van der Waals surface area (Å²) >= 11 is 3.34. The van der Waals surface area contributed by atoms with Crippen LogP contribution in [0.15, 0.2) is 28.7 Å². The second-order valence-corrected chi connectivity index (χ2v) is 5.23. The molecule has 0 saturated carbocycles. The molecule has 1 aliphatic heterocycles. The Morgan fingerprint density at radius 1 is 1.44 bits per heavy atom. The number of aliphatic hydroxyl groups excluding tert-OH is 1. The Balaban J connectivity index is 1.99. The molecule has 0 amide bonds. The van der Waals surface area contributed by atoms with Crippen molar-refractivity contribution < 1.29 is 14.6 Å². The minimum atomic E-state index is -0.0712. The van der Waals surface area contributed by atoms with Crippen LogP contribution < -0.4 is 0 Å². The van der Waals surface area contributed by atoms with Gasteiger partial charge in [-0.25, -0.2) is 0 Å². The van der Waals surface area contributed by atoms with Gasteiger partial charge in [0, 0.05) is 16.6 Å². The van der Waals surface area contributed by atoms with E-state index in [2.05, 4.69) is 15.9 Å². The Kier molecular flexibility index (Phi) is 4.88. The largest absolute Gasteiger partial charge is 0.395 e. The van der Waals surface area contributed by atoms with Crippen LogP contribution in [-0.2, 0) is 4.74 Å². The molecule has 98 valence electrons. The van der Waals surface area contributed by atoms with E-state index in [1.807, 2.05) is 17.0 Å². The molecule has 1 heterocycles. The lowest BCUT2D eigenvalue weighted by Crippen LogP contribution is -2.49. The number of hydrogen-bond acceptors (Lipinski definition) is 4. The Labute approximate surface area is 115 Å². The van der Waals surface area contributed by atoms with Crippen LogP contribution in [0.1, 0.15) is 10.4 Å². The number of carbonyl (C=O) groups is 1. The highest BCUT2D eigenvalue weighted by Crippen LogP contribution is 2.13. The molecule has 0 aliphatic carbocycles. The van der Waals surface area contributed by atoms with E-state index in [-0.39, 0.29) is 18.4 Å². The zero-order valence-corrected chi connectivity index (χ0v) is 11.6. The Morgan fingerprint density at radius 3 is 2.83 bits per heavy atom. The molecule has 1 fully saturated rings.